The number of aliphatic imine (C=N–C) groups is 1. The molecule has 1 aromatic rings. The van der Waals surface area contributed by atoms with E-state index < -0.39 is 0 Å². The summed E-state index contributed by atoms with van der Waals surface area (Å²) in [5.74, 6) is 0. The lowest BCUT2D eigenvalue weighted by molar-refractivity contribution is 0.710. The molecule has 0 aromatic heterocycles. The van der Waals surface area contributed by atoms with E-state index in [1.54, 1.807) is 0 Å². The maximum atomic E-state index is 4.57. The zero-order valence-corrected chi connectivity index (χ0v) is 7.82. The predicted octanol–water partition coefficient (Wildman–Crippen LogP) is 3.05. The van der Waals surface area contributed by atoms with Crippen LogP contribution < -0.4 is 0 Å². The van der Waals surface area contributed by atoms with E-state index in [1.807, 2.05) is 12.3 Å². The van der Waals surface area contributed by atoms with Gasteiger partial charge in [-0.1, -0.05) is 43.2 Å². The van der Waals surface area contributed by atoms with Gasteiger partial charge >= 0.3 is 0 Å². The molecule has 0 N–H and O–H groups in total. The Bertz CT molecular complexity index is 270. The molecule has 1 aliphatic carbocycles. The molecule has 1 aliphatic rings. The van der Waals surface area contributed by atoms with Crippen molar-refractivity contribution in [3.63, 3.8) is 0 Å². The van der Waals surface area contributed by atoms with Gasteiger partial charge in [-0.3, -0.25) is 4.99 Å². The summed E-state index contributed by atoms with van der Waals surface area (Å²) in [7, 11) is 0. The molecule has 0 amide bonds. The van der Waals surface area contributed by atoms with Crippen LogP contribution in [0.2, 0.25) is 0 Å². The van der Waals surface area contributed by atoms with Crippen LogP contribution >= 0.6 is 0 Å². The Morgan fingerprint density at radius 3 is 2.46 bits per heavy atom. The van der Waals surface area contributed by atoms with E-state index >= 15 is 0 Å². The zero-order chi connectivity index (χ0) is 8.93. The molecule has 1 saturated carbocycles. The van der Waals surface area contributed by atoms with Crippen LogP contribution in [0.5, 0.6) is 0 Å². The van der Waals surface area contributed by atoms with Crippen molar-refractivity contribution in [2.75, 3.05) is 0 Å². The molecule has 68 valence electrons. The highest BCUT2D eigenvalue weighted by molar-refractivity contribution is 5.79. The summed E-state index contributed by atoms with van der Waals surface area (Å²) in [5, 5.41) is 0. The zero-order valence-electron chi connectivity index (χ0n) is 7.82. The lowest BCUT2D eigenvalue weighted by atomic mass is 10.2. The van der Waals surface area contributed by atoms with E-state index in [2.05, 4.69) is 29.3 Å². The maximum Gasteiger partial charge on any atom is 0.0499 e. The van der Waals surface area contributed by atoms with Crippen molar-refractivity contribution in [2.45, 2.75) is 31.7 Å². The molecule has 0 unspecified atom stereocenters. The smallest absolute Gasteiger partial charge is 0.0499 e. The third-order valence-electron chi connectivity index (χ3n) is 2.56. The highest BCUT2D eigenvalue weighted by Gasteiger charge is 2.11. The van der Waals surface area contributed by atoms with Crippen molar-refractivity contribution in [1.82, 2.24) is 0 Å². The minimum Gasteiger partial charge on any atom is -0.289 e. The van der Waals surface area contributed by atoms with Crippen LogP contribution in [0.4, 0.5) is 0 Å². The van der Waals surface area contributed by atoms with E-state index in [9.17, 15) is 0 Å². The molecule has 0 heterocycles. The summed E-state index contributed by atoms with van der Waals surface area (Å²) in [6, 6.07) is 10.9. The van der Waals surface area contributed by atoms with Gasteiger partial charge in [0.15, 0.2) is 0 Å². The summed E-state index contributed by atoms with van der Waals surface area (Å²) in [6.07, 6.45) is 7.29. The fourth-order valence-electron chi connectivity index (χ4n) is 1.78. The summed E-state index contributed by atoms with van der Waals surface area (Å²) < 4.78 is 0. The number of rotatable bonds is 2. The highest BCUT2D eigenvalue weighted by atomic mass is 14.8. The molecular weight excluding hydrogens is 158 g/mol. The van der Waals surface area contributed by atoms with Gasteiger partial charge in [-0.05, 0) is 18.4 Å². The van der Waals surface area contributed by atoms with Gasteiger partial charge in [0.25, 0.3) is 0 Å². The van der Waals surface area contributed by atoms with Crippen molar-refractivity contribution < 1.29 is 0 Å². The van der Waals surface area contributed by atoms with Gasteiger partial charge < -0.3 is 0 Å². The van der Waals surface area contributed by atoms with Crippen LogP contribution in [0.3, 0.4) is 0 Å². The van der Waals surface area contributed by atoms with E-state index in [4.69, 9.17) is 0 Å². The number of benzene rings is 1. The lowest BCUT2D eigenvalue weighted by Crippen LogP contribution is -1.96. The first kappa shape index (κ1) is 8.49. The fraction of sp³-hybridized carbons (Fsp3) is 0.417. The molecule has 1 heteroatoms. The SMILES string of the molecule is C(=NC1CCCC1)c1ccccc1. The summed E-state index contributed by atoms with van der Waals surface area (Å²) in [5.41, 5.74) is 1.22. The van der Waals surface area contributed by atoms with E-state index in [-0.39, 0.29) is 0 Å². The Morgan fingerprint density at radius 1 is 1.08 bits per heavy atom. The van der Waals surface area contributed by atoms with Crippen molar-refractivity contribution in [2.24, 2.45) is 4.99 Å². The van der Waals surface area contributed by atoms with Crippen molar-refractivity contribution in [3.05, 3.63) is 35.9 Å². The maximum absolute atomic E-state index is 4.57. The minimum absolute atomic E-state index is 0.597. The Labute approximate surface area is 79.5 Å². The molecular formula is C12H15N. The highest BCUT2D eigenvalue weighted by Crippen LogP contribution is 2.20. The van der Waals surface area contributed by atoms with Crippen LogP contribution in [-0.4, -0.2) is 12.3 Å². The third-order valence-corrected chi connectivity index (χ3v) is 2.56. The van der Waals surface area contributed by atoms with Crippen LogP contribution in [0.1, 0.15) is 31.2 Å². The van der Waals surface area contributed by atoms with Gasteiger partial charge in [0, 0.05) is 12.3 Å². The second-order valence-electron chi connectivity index (χ2n) is 3.63. The molecule has 0 spiro atoms. The van der Waals surface area contributed by atoms with Crippen molar-refractivity contribution >= 4 is 6.21 Å². The standard InChI is InChI=1S/C12H15N/c1-2-6-11(7-3-1)10-13-12-8-4-5-9-12/h1-3,6-7,10,12H,4-5,8-9H2. The average molecular weight is 173 g/mol. The molecule has 2 rings (SSSR count). The molecule has 0 radical (unpaired) electrons. The first-order valence-corrected chi connectivity index (χ1v) is 5.03. The van der Waals surface area contributed by atoms with Crippen LogP contribution in [0, 0.1) is 0 Å². The Kier molecular flexibility index (Phi) is 2.75. The molecule has 1 fully saturated rings. The number of hydrogen-bond acceptors (Lipinski definition) is 1. The van der Waals surface area contributed by atoms with Crippen molar-refractivity contribution in [3.8, 4) is 0 Å². The van der Waals surface area contributed by atoms with Crippen LogP contribution in [0.15, 0.2) is 35.3 Å². The van der Waals surface area contributed by atoms with Gasteiger partial charge in [0.2, 0.25) is 0 Å². The molecule has 0 bridgehead atoms. The van der Waals surface area contributed by atoms with E-state index in [1.165, 1.54) is 31.2 Å². The molecule has 0 atom stereocenters. The second-order valence-corrected chi connectivity index (χ2v) is 3.63. The molecule has 1 nitrogen and oxygen atoms in total. The molecule has 0 saturated heterocycles. The third kappa shape index (κ3) is 2.41. The van der Waals surface area contributed by atoms with Gasteiger partial charge in [-0.2, -0.15) is 0 Å². The first-order chi connectivity index (χ1) is 6.45. The van der Waals surface area contributed by atoms with Crippen molar-refractivity contribution in [1.29, 1.82) is 0 Å². The van der Waals surface area contributed by atoms with Gasteiger partial charge in [-0.15, -0.1) is 0 Å². The lowest BCUT2D eigenvalue weighted by Gasteiger charge is -1.99. The fourth-order valence-corrected chi connectivity index (χ4v) is 1.78. The van der Waals surface area contributed by atoms with E-state index in [0.29, 0.717) is 6.04 Å². The predicted molar refractivity (Wildman–Crippen MR) is 56.3 cm³/mol. The second kappa shape index (κ2) is 4.22. The average Bonchev–Trinajstić information content (AvgIpc) is 2.69. The Hall–Kier alpha value is -1.11. The van der Waals surface area contributed by atoms with E-state index in [0.717, 1.165) is 0 Å². The van der Waals surface area contributed by atoms with Crippen LogP contribution in [-0.2, 0) is 0 Å². The van der Waals surface area contributed by atoms with Crippen LogP contribution in [0.25, 0.3) is 0 Å². The molecule has 1 aromatic carbocycles. The quantitative estimate of drug-likeness (QED) is 0.609. The first-order valence-electron chi connectivity index (χ1n) is 5.03. The summed E-state index contributed by atoms with van der Waals surface area (Å²) >= 11 is 0. The normalized spacial score (nSPS) is 18.5. The summed E-state index contributed by atoms with van der Waals surface area (Å²) in [6.45, 7) is 0. The molecule has 13 heavy (non-hydrogen) atoms. The van der Waals surface area contributed by atoms with Gasteiger partial charge in [-0.25, -0.2) is 0 Å². The van der Waals surface area contributed by atoms with Gasteiger partial charge in [0.1, 0.15) is 0 Å². The van der Waals surface area contributed by atoms with Gasteiger partial charge in [0.05, 0.1) is 0 Å². The monoisotopic (exact) mass is 173 g/mol. The Morgan fingerprint density at radius 2 is 1.77 bits per heavy atom. The minimum atomic E-state index is 0.597. The Balaban J connectivity index is 1.97. The summed E-state index contributed by atoms with van der Waals surface area (Å²) in [4.78, 5) is 4.57. The molecule has 0 aliphatic heterocycles. The number of nitrogens with zero attached hydrogens (tertiary/aromatic N) is 1. The largest absolute Gasteiger partial charge is 0.289 e. The topological polar surface area (TPSA) is 12.4 Å². The number of hydrogen-bond donors (Lipinski definition) is 0.